The molecule has 5 heteroatoms. The van der Waals surface area contributed by atoms with E-state index in [-0.39, 0.29) is 12.6 Å². The third-order valence-electron chi connectivity index (χ3n) is 2.25. The maximum Gasteiger partial charge on any atom is 0.335 e. The summed E-state index contributed by atoms with van der Waals surface area (Å²) in [6.07, 6.45) is 0. The first-order valence-electron chi connectivity index (χ1n) is 4.91. The minimum Gasteiger partial charge on any atom is -0.463 e. The standard InChI is InChI=1S/C10H16N2O3/c1-4-15-9(13)8(2)7-12-6-5-11(3)10(12)14/h2,4-7H2,1,3H3. The molecule has 0 saturated carbocycles. The van der Waals surface area contributed by atoms with E-state index in [0.717, 1.165) is 0 Å². The smallest absolute Gasteiger partial charge is 0.335 e. The van der Waals surface area contributed by atoms with Crippen LogP contribution in [-0.2, 0) is 9.53 Å². The van der Waals surface area contributed by atoms with Gasteiger partial charge in [-0.1, -0.05) is 6.58 Å². The van der Waals surface area contributed by atoms with Crippen molar-refractivity contribution in [3.63, 3.8) is 0 Å². The van der Waals surface area contributed by atoms with Gasteiger partial charge in [0.1, 0.15) is 0 Å². The average molecular weight is 212 g/mol. The molecule has 0 aliphatic carbocycles. The molecular formula is C10H16N2O3. The van der Waals surface area contributed by atoms with Gasteiger partial charge in [-0.2, -0.15) is 0 Å². The summed E-state index contributed by atoms with van der Waals surface area (Å²) in [5.41, 5.74) is 0.320. The number of carbonyl (C=O) groups excluding carboxylic acids is 2. The van der Waals surface area contributed by atoms with E-state index in [2.05, 4.69) is 6.58 Å². The van der Waals surface area contributed by atoms with Crippen molar-refractivity contribution in [3.05, 3.63) is 12.2 Å². The van der Waals surface area contributed by atoms with Gasteiger partial charge >= 0.3 is 12.0 Å². The molecule has 1 aliphatic heterocycles. The highest BCUT2D eigenvalue weighted by Gasteiger charge is 2.26. The Hall–Kier alpha value is -1.52. The first-order chi connectivity index (χ1) is 7.06. The average Bonchev–Trinajstić information content (AvgIpc) is 2.50. The van der Waals surface area contributed by atoms with Crippen molar-refractivity contribution in [3.8, 4) is 0 Å². The Kier molecular flexibility index (Phi) is 3.71. The van der Waals surface area contributed by atoms with Crippen molar-refractivity contribution in [2.45, 2.75) is 6.92 Å². The van der Waals surface area contributed by atoms with Gasteiger partial charge in [-0.25, -0.2) is 9.59 Å². The third-order valence-corrected chi connectivity index (χ3v) is 2.25. The third kappa shape index (κ3) is 2.71. The fraction of sp³-hybridized carbons (Fsp3) is 0.600. The van der Waals surface area contributed by atoms with Crippen LogP contribution in [0.25, 0.3) is 0 Å². The van der Waals surface area contributed by atoms with E-state index in [1.807, 2.05) is 0 Å². The summed E-state index contributed by atoms with van der Waals surface area (Å²) in [5, 5.41) is 0. The summed E-state index contributed by atoms with van der Waals surface area (Å²) < 4.78 is 4.79. The lowest BCUT2D eigenvalue weighted by Crippen LogP contribution is -2.32. The zero-order valence-corrected chi connectivity index (χ0v) is 9.15. The molecule has 1 heterocycles. The Labute approximate surface area is 89.3 Å². The van der Waals surface area contributed by atoms with Crippen LogP contribution in [-0.4, -0.2) is 55.1 Å². The van der Waals surface area contributed by atoms with Gasteiger partial charge < -0.3 is 14.5 Å². The summed E-state index contributed by atoms with van der Waals surface area (Å²) in [7, 11) is 1.73. The van der Waals surface area contributed by atoms with Crippen molar-refractivity contribution < 1.29 is 14.3 Å². The Morgan fingerprint density at radius 3 is 2.67 bits per heavy atom. The van der Waals surface area contributed by atoms with Crippen molar-refractivity contribution in [1.29, 1.82) is 0 Å². The van der Waals surface area contributed by atoms with Gasteiger partial charge in [0.25, 0.3) is 0 Å². The molecule has 0 atom stereocenters. The predicted molar refractivity (Wildman–Crippen MR) is 55.4 cm³/mol. The maximum atomic E-state index is 11.5. The first-order valence-corrected chi connectivity index (χ1v) is 4.91. The molecule has 0 spiro atoms. The molecule has 2 amide bonds. The molecule has 0 aromatic rings. The number of esters is 1. The Morgan fingerprint density at radius 2 is 2.20 bits per heavy atom. The molecule has 5 nitrogen and oxygen atoms in total. The van der Waals surface area contributed by atoms with Crippen LogP contribution in [0.3, 0.4) is 0 Å². The minimum atomic E-state index is -0.431. The molecule has 0 bridgehead atoms. The summed E-state index contributed by atoms with van der Waals surface area (Å²) in [6.45, 7) is 7.24. The second-order valence-electron chi connectivity index (χ2n) is 3.45. The largest absolute Gasteiger partial charge is 0.463 e. The van der Waals surface area contributed by atoms with Gasteiger partial charge in [0.15, 0.2) is 0 Å². The molecule has 1 saturated heterocycles. The second kappa shape index (κ2) is 4.82. The van der Waals surface area contributed by atoms with E-state index in [9.17, 15) is 9.59 Å². The maximum absolute atomic E-state index is 11.5. The summed E-state index contributed by atoms with van der Waals surface area (Å²) in [5.74, 6) is -0.431. The lowest BCUT2D eigenvalue weighted by Gasteiger charge is -2.16. The van der Waals surface area contributed by atoms with E-state index < -0.39 is 5.97 Å². The number of ether oxygens (including phenoxy) is 1. The van der Waals surface area contributed by atoms with Gasteiger partial charge in [0.05, 0.1) is 13.2 Å². The minimum absolute atomic E-state index is 0.0690. The van der Waals surface area contributed by atoms with E-state index in [1.54, 1.807) is 23.8 Å². The molecule has 84 valence electrons. The molecular weight excluding hydrogens is 196 g/mol. The SMILES string of the molecule is C=C(CN1CCN(C)C1=O)C(=O)OCC. The lowest BCUT2D eigenvalue weighted by molar-refractivity contribution is -0.138. The first kappa shape index (κ1) is 11.6. The molecule has 0 aromatic carbocycles. The fourth-order valence-corrected chi connectivity index (χ4v) is 1.38. The van der Waals surface area contributed by atoms with Gasteiger partial charge in [-0.3, -0.25) is 0 Å². The number of amides is 2. The summed E-state index contributed by atoms with van der Waals surface area (Å²) >= 11 is 0. The van der Waals surface area contributed by atoms with Gasteiger partial charge in [-0.15, -0.1) is 0 Å². The summed E-state index contributed by atoms with van der Waals surface area (Å²) in [4.78, 5) is 25.9. The van der Waals surface area contributed by atoms with E-state index in [4.69, 9.17) is 4.74 Å². The molecule has 0 unspecified atom stereocenters. The van der Waals surface area contributed by atoms with E-state index in [0.29, 0.717) is 25.3 Å². The Bertz CT molecular complexity index is 288. The van der Waals surface area contributed by atoms with Crippen LogP contribution in [0.15, 0.2) is 12.2 Å². The van der Waals surface area contributed by atoms with Crippen molar-refractivity contribution in [1.82, 2.24) is 9.80 Å². The number of urea groups is 1. The van der Waals surface area contributed by atoms with Crippen LogP contribution < -0.4 is 0 Å². The number of carbonyl (C=O) groups is 2. The predicted octanol–water partition coefficient (Wildman–Crippen LogP) is 0.473. The molecule has 0 aromatic heterocycles. The Morgan fingerprint density at radius 1 is 1.53 bits per heavy atom. The second-order valence-corrected chi connectivity index (χ2v) is 3.45. The van der Waals surface area contributed by atoms with Crippen LogP contribution in [0.4, 0.5) is 4.79 Å². The van der Waals surface area contributed by atoms with Crippen LogP contribution in [0.5, 0.6) is 0 Å². The highest BCUT2D eigenvalue weighted by molar-refractivity contribution is 5.89. The molecule has 1 fully saturated rings. The number of rotatable bonds is 4. The van der Waals surface area contributed by atoms with Gasteiger partial charge in [0.2, 0.25) is 0 Å². The molecule has 1 rings (SSSR count). The van der Waals surface area contributed by atoms with E-state index >= 15 is 0 Å². The zero-order chi connectivity index (χ0) is 11.4. The quantitative estimate of drug-likeness (QED) is 0.503. The highest BCUT2D eigenvalue weighted by atomic mass is 16.5. The van der Waals surface area contributed by atoms with Crippen molar-refractivity contribution >= 4 is 12.0 Å². The van der Waals surface area contributed by atoms with Gasteiger partial charge in [0, 0.05) is 25.7 Å². The molecule has 1 aliphatic rings. The van der Waals surface area contributed by atoms with Gasteiger partial charge in [-0.05, 0) is 6.92 Å². The van der Waals surface area contributed by atoms with E-state index in [1.165, 1.54) is 0 Å². The molecule has 15 heavy (non-hydrogen) atoms. The van der Waals surface area contributed by atoms with Crippen LogP contribution >= 0.6 is 0 Å². The normalized spacial score (nSPS) is 15.7. The number of hydrogen-bond donors (Lipinski definition) is 0. The van der Waals surface area contributed by atoms with Crippen LogP contribution in [0, 0.1) is 0 Å². The monoisotopic (exact) mass is 212 g/mol. The number of likely N-dealkylation sites (N-methyl/N-ethyl adjacent to an activating group) is 1. The highest BCUT2D eigenvalue weighted by Crippen LogP contribution is 2.08. The van der Waals surface area contributed by atoms with Crippen molar-refractivity contribution in [2.75, 3.05) is 33.3 Å². The van der Waals surface area contributed by atoms with Crippen LogP contribution in [0.1, 0.15) is 6.92 Å². The summed E-state index contributed by atoms with van der Waals surface area (Å²) in [6, 6.07) is -0.0690. The molecule has 0 radical (unpaired) electrons. The van der Waals surface area contributed by atoms with Crippen LogP contribution in [0.2, 0.25) is 0 Å². The molecule has 0 N–H and O–H groups in total. The van der Waals surface area contributed by atoms with Crippen molar-refractivity contribution in [2.24, 2.45) is 0 Å². The zero-order valence-electron chi connectivity index (χ0n) is 9.15. The lowest BCUT2D eigenvalue weighted by atomic mass is 10.3. The number of nitrogens with zero attached hydrogens (tertiary/aromatic N) is 2. The fourth-order valence-electron chi connectivity index (χ4n) is 1.38. The number of hydrogen-bond acceptors (Lipinski definition) is 3. The topological polar surface area (TPSA) is 49.9 Å². The Balaban J connectivity index is 2.45.